The van der Waals surface area contributed by atoms with Crippen LogP contribution in [0.25, 0.3) is 0 Å². The topological polar surface area (TPSA) is 55.7 Å². The predicted octanol–water partition coefficient (Wildman–Crippen LogP) is 6.23. The maximum absolute atomic E-state index is 11.9. The number of unbranched alkanes of at least 4 members (excludes halogenated alkanes) is 7. The Bertz CT molecular complexity index is 323. The van der Waals surface area contributed by atoms with Crippen molar-refractivity contribution in [2.45, 2.75) is 105 Å². The third-order valence-corrected chi connectivity index (χ3v) is 4.30. The van der Waals surface area contributed by atoms with E-state index in [0.717, 1.165) is 19.3 Å². The first-order valence-corrected chi connectivity index (χ1v) is 9.40. The van der Waals surface area contributed by atoms with E-state index >= 15 is 0 Å². The maximum Gasteiger partial charge on any atom is 0.313 e. The summed E-state index contributed by atoms with van der Waals surface area (Å²) in [7, 11) is 0. The first kappa shape index (κ1) is 22.1. The van der Waals surface area contributed by atoms with Crippen LogP contribution in [0.15, 0.2) is 5.18 Å². The van der Waals surface area contributed by atoms with Gasteiger partial charge in [-0.2, -0.15) is 0 Å². The first-order valence-electron chi connectivity index (χ1n) is 9.40. The molecule has 0 N–H and O–H groups in total. The Hall–Kier alpha value is -0.930. The van der Waals surface area contributed by atoms with Crippen LogP contribution in [0.4, 0.5) is 0 Å². The van der Waals surface area contributed by atoms with E-state index in [1.807, 2.05) is 6.92 Å². The fourth-order valence-electron chi connectivity index (χ4n) is 2.58. The molecule has 0 aliphatic rings. The lowest BCUT2D eigenvalue weighted by molar-refractivity contribution is -0.161. The van der Waals surface area contributed by atoms with Gasteiger partial charge >= 0.3 is 5.97 Å². The number of esters is 1. The molecule has 0 radical (unpaired) electrons. The average Bonchev–Trinajstić information content (AvgIpc) is 2.50. The van der Waals surface area contributed by atoms with E-state index < -0.39 is 11.6 Å². The van der Waals surface area contributed by atoms with Gasteiger partial charge in [-0.1, -0.05) is 65.2 Å². The van der Waals surface area contributed by atoms with Crippen LogP contribution in [0, 0.1) is 16.2 Å². The molecule has 0 saturated heterocycles. The molecule has 0 spiro atoms. The van der Waals surface area contributed by atoms with Gasteiger partial charge in [-0.15, -0.1) is 4.91 Å². The molecule has 0 aliphatic heterocycles. The Morgan fingerprint density at radius 1 is 0.957 bits per heavy atom. The number of carbonyl (C=O) groups is 1. The van der Waals surface area contributed by atoms with Gasteiger partial charge in [-0.25, -0.2) is 0 Å². The Labute approximate surface area is 142 Å². The monoisotopic (exact) mass is 327 g/mol. The molecule has 4 nitrogen and oxygen atoms in total. The van der Waals surface area contributed by atoms with E-state index in [1.54, 1.807) is 20.8 Å². The number of rotatable bonds is 13. The highest BCUT2D eigenvalue weighted by atomic mass is 16.6. The Kier molecular flexibility index (Phi) is 12.0. The molecular formula is C19H37NO3. The summed E-state index contributed by atoms with van der Waals surface area (Å²) in [4.78, 5) is 23.0. The highest BCUT2D eigenvalue weighted by Crippen LogP contribution is 2.25. The lowest BCUT2D eigenvalue weighted by Gasteiger charge is -2.24. The maximum atomic E-state index is 11.9. The van der Waals surface area contributed by atoms with Crippen molar-refractivity contribution in [2.75, 3.05) is 0 Å². The van der Waals surface area contributed by atoms with E-state index in [1.165, 1.54) is 44.9 Å². The molecule has 2 atom stereocenters. The van der Waals surface area contributed by atoms with Crippen LogP contribution in [0.1, 0.15) is 98.8 Å². The molecule has 0 fully saturated rings. The molecule has 0 aromatic heterocycles. The van der Waals surface area contributed by atoms with Crippen molar-refractivity contribution < 1.29 is 9.53 Å². The minimum Gasteiger partial charge on any atom is -0.435 e. The van der Waals surface area contributed by atoms with E-state index in [-0.39, 0.29) is 11.9 Å². The third kappa shape index (κ3) is 10.5. The smallest absolute Gasteiger partial charge is 0.313 e. The highest BCUT2D eigenvalue weighted by Gasteiger charge is 2.30. The number of carbonyl (C=O) groups excluding carboxylic acids is 1. The van der Waals surface area contributed by atoms with Crippen molar-refractivity contribution in [3.05, 3.63) is 4.91 Å². The Morgan fingerprint density at radius 2 is 1.48 bits per heavy atom. The van der Waals surface area contributed by atoms with E-state index in [0.29, 0.717) is 0 Å². The molecule has 0 saturated carbocycles. The molecule has 0 aromatic rings. The largest absolute Gasteiger partial charge is 0.435 e. The Balaban J connectivity index is 4.05. The molecule has 2 unspecified atom stereocenters. The molecule has 0 aromatic carbocycles. The van der Waals surface area contributed by atoms with Crippen molar-refractivity contribution in [3.63, 3.8) is 0 Å². The van der Waals surface area contributed by atoms with Crippen LogP contribution in [0.2, 0.25) is 0 Å². The van der Waals surface area contributed by atoms with Crippen LogP contribution < -0.4 is 0 Å². The van der Waals surface area contributed by atoms with Gasteiger partial charge in [-0.3, -0.25) is 4.79 Å². The number of hydrogen-bond acceptors (Lipinski definition) is 4. The molecule has 4 heteroatoms. The average molecular weight is 328 g/mol. The first-order chi connectivity index (χ1) is 10.9. The summed E-state index contributed by atoms with van der Waals surface area (Å²) in [5, 5.41) is 3.07. The van der Waals surface area contributed by atoms with Gasteiger partial charge in [0.05, 0.1) is 5.41 Å². The standard InChI is InChI=1S/C19H37NO3/c1-6-8-9-10-11-12-13-14-15-16(7-2)17(20-22)23-18(21)19(3,4)5/h16-17H,6-15H2,1-5H3. The summed E-state index contributed by atoms with van der Waals surface area (Å²) in [5.41, 5.74) is -0.597. The zero-order chi connectivity index (χ0) is 17.7. The van der Waals surface area contributed by atoms with E-state index in [4.69, 9.17) is 4.74 Å². The highest BCUT2D eigenvalue weighted by molar-refractivity contribution is 5.75. The number of hydrogen-bond donors (Lipinski definition) is 0. The number of ether oxygens (including phenoxy) is 1. The second-order valence-corrected chi connectivity index (χ2v) is 7.58. The van der Waals surface area contributed by atoms with Crippen LogP contribution in [-0.2, 0) is 9.53 Å². The molecule has 23 heavy (non-hydrogen) atoms. The molecule has 0 aliphatic carbocycles. The van der Waals surface area contributed by atoms with Gasteiger partial charge in [0.2, 0.25) is 6.23 Å². The van der Waals surface area contributed by atoms with Gasteiger partial charge < -0.3 is 4.74 Å². The zero-order valence-electron chi connectivity index (χ0n) is 15.9. The van der Waals surface area contributed by atoms with Crippen LogP contribution >= 0.6 is 0 Å². The van der Waals surface area contributed by atoms with Gasteiger partial charge in [0.15, 0.2) is 0 Å². The van der Waals surface area contributed by atoms with Crippen LogP contribution in [0.3, 0.4) is 0 Å². The summed E-state index contributed by atoms with van der Waals surface area (Å²) >= 11 is 0. The number of nitroso groups, excluding NO2 is 1. The van der Waals surface area contributed by atoms with Gasteiger partial charge in [0, 0.05) is 5.92 Å². The lowest BCUT2D eigenvalue weighted by atomic mass is 9.95. The van der Waals surface area contributed by atoms with Crippen molar-refractivity contribution >= 4 is 5.97 Å². The van der Waals surface area contributed by atoms with Gasteiger partial charge in [0.1, 0.15) is 0 Å². The second kappa shape index (κ2) is 12.5. The SMILES string of the molecule is CCCCCCCCCCC(CC)C(N=O)OC(=O)C(C)(C)C. The van der Waals surface area contributed by atoms with Gasteiger partial charge in [0.25, 0.3) is 0 Å². The van der Waals surface area contributed by atoms with E-state index in [2.05, 4.69) is 12.1 Å². The molecule has 0 rings (SSSR count). The summed E-state index contributed by atoms with van der Waals surface area (Å²) in [5.74, 6) is -0.310. The summed E-state index contributed by atoms with van der Waals surface area (Å²) in [6.07, 6.45) is 11.0. The van der Waals surface area contributed by atoms with Crippen molar-refractivity contribution in [1.82, 2.24) is 0 Å². The lowest BCUT2D eigenvalue weighted by Crippen LogP contribution is -2.31. The molecule has 0 bridgehead atoms. The molecular weight excluding hydrogens is 290 g/mol. The predicted molar refractivity (Wildman–Crippen MR) is 96.1 cm³/mol. The minimum atomic E-state index is -0.837. The van der Waals surface area contributed by atoms with Crippen molar-refractivity contribution in [3.8, 4) is 0 Å². The number of nitrogens with zero attached hydrogens (tertiary/aromatic N) is 1. The zero-order valence-corrected chi connectivity index (χ0v) is 15.9. The van der Waals surface area contributed by atoms with Crippen LogP contribution in [0.5, 0.6) is 0 Å². The van der Waals surface area contributed by atoms with Gasteiger partial charge in [-0.05, 0) is 38.8 Å². The fraction of sp³-hybridized carbons (Fsp3) is 0.947. The fourth-order valence-corrected chi connectivity index (χ4v) is 2.58. The molecule has 0 heterocycles. The quantitative estimate of drug-likeness (QED) is 0.229. The van der Waals surface area contributed by atoms with Crippen molar-refractivity contribution in [1.29, 1.82) is 0 Å². The molecule has 136 valence electrons. The van der Waals surface area contributed by atoms with E-state index in [9.17, 15) is 9.70 Å². The normalized spacial score (nSPS) is 14.3. The third-order valence-electron chi connectivity index (χ3n) is 4.30. The van der Waals surface area contributed by atoms with Crippen LogP contribution in [-0.4, -0.2) is 12.2 Å². The Morgan fingerprint density at radius 3 is 1.91 bits per heavy atom. The molecule has 0 amide bonds. The summed E-state index contributed by atoms with van der Waals surface area (Å²) < 4.78 is 5.32. The second-order valence-electron chi connectivity index (χ2n) is 7.58. The summed E-state index contributed by atoms with van der Waals surface area (Å²) in [6.45, 7) is 9.62. The minimum absolute atomic E-state index is 0.0406. The van der Waals surface area contributed by atoms with Crippen molar-refractivity contribution in [2.24, 2.45) is 16.5 Å². The summed E-state index contributed by atoms with van der Waals surface area (Å²) in [6, 6.07) is 0.